The van der Waals surface area contributed by atoms with Crippen LogP contribution in [0.15, 0.2) is 33.9 Å². The Morgan fingerprint density at radius 2 is 1.89 bits per heavy atom. The third-order valence-corrected chi connectivity index (χ3v) is 5.12. The van der Waals surface area contributed by atoms with Crippen molar-refractivity contribution in [1.29, 1.82) is 0 Å². The number of benzene rings is 1. The van der Waals surface area contributed by atoms with E-state index in [1.54, 1.807) is 0 Å². The van der Waals surface area contributed by atoms with Gasteiger partial charge in [-0.3, -0.25) is 0 Å². The largest absolute Gasteiger partial charge is 0.410 e. The van der Waals surface area contributed by atoms with Gasteiger partial charge in [-0.15, -0.1) is 5.10 Å². The van der Waals surface area contributed by atoms with E-state index in [4.69, 9.17) is 4.42 Å². The molecule has 2 amide bonds. The van der Waals surface area contributed by atoms with Crippen LogP contribution in [0.3, 0.4) is 0 Å². The summed E-state index contributed by atoms with van der Waals surface area (Å²) in [5, 5.41) is 12.3. The van der Waals surface area contributed by atoms with Crippen LogP contribution in [0.2, 0.25) is 0 Å². The molecule has 0 saturated heterocycles. The van der Waals surface area contributed by atoms with E-state index in [9.17, 15) is 17.6 Å². The van der Waals surface area contributed by atoms with Gasteiger partial charge in [-0.2, -0.15) is 0 Å². The van der Waals surface area contributed by atoms with Crippen molar-refractivity contribution in [3.05, 3.63) is 41.5 Å². The van der Waals surface area contributed by atoms with Crippen LogP contribution in [-0.2, 0) is 15.6 Å². The highest BCUT2D eigenvalue weighted by atomic mass is 32.2. The minimum atomic E-state index is -3.90. The summed E-state index contributed by atoms with van der Waals surface area (Å²) < 4.78 is 43.2. The fraction of sp³-hybridized carbons (Fsp3) is 0.471. The molecular weight excluding hydrogens is 375 g/mol. The number of rotatable bonds is 8. The lowest BCUT2D eigenvalue weighted by Gasteiger charge is -2.18. The SMILES string of the molecule is CCCNC(=O)N[C@H](c1nnc(S(=O)(=O)Cc2ccc(F)cc2)o1)C(C)C. The van der Waals surface area contributed by atoms with Crippen molar-refractivity contribution in [2.24, 2.45) is 5.92 Å². The van der Waals surface area contributed by atoms with Crippen molar-refractivity contribution in [2.45, 2.75) is 44.2 Å². The fourth-order valence-corrected chi connectivity index (χ4v) is 3.41. The van der Waals surface area contributed by atoms with Crippen LogP contribution in [-0.4, -0.2) is 31.2 Å². The summed E-state index contributed by atoms with van der Waals surface area (Å²) in [6.07, 6.45) is 0.784. The molecule has 1 heterocycles. The Morgan fingerprint density at radius 1 is 1.22 bits per heavy atom. The first-order chi connectivity index (χ1) is 12.7. The number of aromatic nitrogens is 2. The molecule has 0 aliphatic heterocycles. The van der Waals surface area contributed by atoms with Crippen molar-refractivity contribution in [1.82, 2.24) is 20.8 Å². The molecule has 0 saturated carbocycles. The van der Waals surface area contributed by atoms with Crippen LogP contribution in [0, 0.1) is 11.7 Å². The molecule has 27 heavy (non-hydrogen) atoms. The van der Waals surface area contributed by atoms with Gasteiger partial charge in [0.05, 0.1) is 5.75 Å². The fourth-order valence-electron chi connectivity index (χ4n) is 2.28. The van der Waals surface area contributed by atoms with E-state index < -0.39 is 38.7 Å². The lowest BCUT2D eigenvalue weighted by Crippen LogP contribution is -2.40. The molecule has 1 aromatic carbocycles. The number of amides is 2. The normalized spacial score (nSPS) is 12.8. The van der Waals surface area contributed by atoms with Crippen LogP contribution < -0.4 is 10.6 Å². The maximum absolute atomic E-state index is 13.0. The first-order valence-corrected chi connectivity index (χ1v) is 10.2. The Bertz CT molecular complexity index is 865. The number of carbonyl (C=O) groups is 1. The highest BCUT2D eigenvalue weighted by molar-refractivity contribution is 7.90. The Morgan fingerprint density at radius 3 is 2.48 bits per heavy atom. The Hall–Kier alpha value is -2.49. The topological polar surface area (TPSA) is 114 Å². The number of carbonyl (C=O) groups excluding carboxylic acids is 1. The zero-order valence-electron chi connectivity index (χ0n) is 15.4. The van der Waals surface area contributed by atoms with E-state index in [0.29, 0.717) is 12.1 Å². The van der Waals surface area contributed by atoms with Crippen molar-refractivity contribution in [2.75, 3.05) is 6.54 Å². The number of hydrogen-bond donors (Lipinski definition) is 2. The van der Waals surface area contributed by atoms with Gasteiger partial charge in [0.2, 0.25) is 15.7 Å². The quantitative estimate of drug-likeness (QED) is 0.706. The maximum Gasteiger partial charge on any atom is 0.335 e. The van der Waals surface area contributed by atoms with Crippen molar-refractivity contribution in [3.63, 3.8) is 0 Å². The van der Waals surface area contributed by atoms with E-state index in [0.717, 1.165) is 6.42 Å². The van der Waals surface area contributed by atoms with Crippen molar-refractivity contribution >= 4 is 15.9 Å². The molecule has 0 bridgehead atoms. The van der Waals surface area contributed by atoms with Gasteiger partial charge in [0.15, 0.2) is 0 Å². The molecule has 0 radical (unpaired) electrons. The van der Waals surface area contributed by atoms with Gasteiger partial charge in [-0.25, -0.2) is 17.6 Å². The second-order valence-electron chi connectivity index (χ2n) is 6.41. The number of nitrogens with one attached hydrogen (secondary N) is 2. The Balaban J connectivity index is 2.16. The van der Waals surface area contributed by atoms with Crippen LogP contribution in [0.25, 0.3) is 0 Å². The molecule has 0 fully saturated rings. The van der Waals surface area contributed by atoms with E-state index in [-0.39, 0.29) is 11.8 Å². The van der Waals surface area contributed by atoms with Crippen LogP contribution in [0.5, 0.6) is 0 Å². The van der Waals surface area contributed by atoms with E-state index in [1.807, 2.05) is 20.8 Å². The molecule has 10 heteroatoms. The molecule has 2 aromatic rings. The first kappa shape index (κ1) is 20.8. The first-order valence-electron chi connectivity index (χ1n) is 8.58. The molecule has 8 nitrogen and oxygen atoms in total. The Labute approximate surface area is 157 Å². The van der Waals surface area contributed by atoms with E-state index in [2.05, 4.69) is 20.8 Å². The zero-order valence-corrected chi connectivity index (χ0v) is 16.2. The summed E-state index contributed by atoms with van der Waals surface area (Å²) in [4.78, 5) is 11.9. The lowest BCUT2D eigenvalue weighted by molar-refractivity contribution is 0.226. The molecule has 2 rings (SSSR count). The minimum Gasteiger partial charge on any atom is -0.410 e. The molecular formula is C17H23FN4O4S. The molecule has 2 N–H and O–H groups in total. The van der Waals surface area contributed by atoms with Gasteiger partial charge in [0, 0.05) is 6.54 Å². The zero-order chi connectivity index (χ0) is 20.0. The number of sulfone groups is 1. The van der Waals surface area contributed by atoms with Crippen LogP contribution in [0.1, 0.15) is 44.7 Å². The Kier molecular flexibility index (Phi) is 6.89. The molecule has 0 aliphatic carbocycles. The predicted molar refractivity (Wildman–Crippen MR) is 96.0 cm³/mol. The number of hydrogen-bond acceptors (Lipinski definition) is 6. The molecule has 0 aliphatic rings. The second kappa shape index (κ2) is 8.94. The predicted octanol–water partition coefficient (Wildman–Crippen LogP) is 2.59. The van der Waals surface area contributed by atoms with E-state index >= 15 is 0 Å². The average molecular weight is 398 g/mol. The summed E-state index contributed by atoms with van der Waals surface area (Å²) in [6.45, 7) is 6.11. The minimum absolute atomic E-state index is 0.00864. The highest BCUT2D eigenvalue weighted by Gasteiger charge is 2.28. The van der Waals surface area contributed by atoms with Crippen LogP contribution >= 0.6 is 0 Å². The highest BCUT2D eigenvalue weighted by Crippen LogP contribution is 2.23. The standard InChI is InChI=1S/C17H23FN4O4S/c1-4-9-19-16(23)20-14(11(2)3)15-21-22-17(26-15)27(24,25)10-12-5-7-13(18)8-6-12/h5-8,11,14H,4,9-10H2,1-3H3,(H2,19,20,23)/t14-/m0/s1. The molecule has 0 spiro atoms. The molecule has 0 unspecified atom stereocenters. The van der Waals surface area contributed by atoms with Gasteiger partial charge in [0.1, 0.15) is 11.9 Å². The monoisotopic (exact) mass is 398 g/mol. The number of urea groups is 1. The van der Waals surface area contributed by atoms with Gasteiger partial charge in [-0.1, -0.05) is 38.0 Å². The van der Waals surface area contributed by atoms with Crippen molar-refractivity contribution < 1.29 is 22.0 Å². The molecule has 148 valence electrons. The number of nitrogens with zero attached hydrogens (tertiary/aromatic N) is 2. The maximum atomic E-state index is 13.0. The van der Waals surface area contributed by atoms with E-state index in [1.165, 1.54) is 24.3 Å². The van der Waals surface area contributed by atoms with Gasteiger partial charge in [0.25, 0.3) is 0 Å². The van der Waals surface area contributed by atoms with Crippen LogP contribution in [0.4, 0.5) is 9.18 Å². The number of halogens is 1. The summed E-state index contributed by atoms with van der Waals surface area (Å²) in [6, 6.07) is 4.07. The molecule has 1 aromatic heterocycles. The second-order valence-corrected chi connectivity index (χ2v) is 8.28. The van der Waals surface area contributed by atoms with Gasteiger partial charge in [-0.05, 0) is 30.0 Å². The van der Waals surface area contributed by atoms with Crippen molar-refractivity contribution in [3.8, 4) is 0 Å². The average Bonchev–Trinajstić information content (AvgIpc) is 3.10. The molecule has 1 atom stereocenters. The summed E-state index contributed by atoms with van der Waals surface area (Å²) in [5.74, 6) is -0.950. The van der Waals surface area contributed by atoms with Gasteiger partial charge >= 0.3 is 11.3 Å². The smallest absolute Gasteiger partial charge is 0.335 e. The summed E-state index contributed by atoms with van der Waals surface area (Å²) >= 11 is 0. The summed E-state index contributed by atoms with van der Waals surface area (Å²) in [7, 11) is -3.90. The third kappa shape index (κ3) is 5.75. The third-order valence-electron chi connectivity index (χ3n) is 3.71. The van der Waals surface area contributed by atoms with Gasteiger partial charge < -0.3 is 15.1 Å². The lowest BCUT2D eigenvalue weighted by atomic mass is 10.1. The summed E-state index contributed by atoms with van der Waals surface area (Å²) in [5.41, 5.74) is 0.397.